The summed E-state index contributed by atoms with van der Waals surface area (Å²) in [5.74, 6) is -1.63. The second kappa shape index (κ2) is 10.1. The maximum absolute atomic E-state index is 15.7. The summed E-state index contributed by atoms with van der Waals surface area (Å²) in [6.07, 6.45) is 2.19. The van der Waals surface area contributed by atoms with Crippen molar-refractivity contribution in [1.29, 1.82) is 0 Å². The highest BCUT2D eigenvalue weighted by Crippen LogP contribution is 2.45. The van der Waals surface area contributed by atoms with Gasteiger partial charge in [0.05, 0.1) is 34.1 Å². The highest BCUT2D eigenvalue weighted by atomic mass is 35.5. The lowest BCUT2D eigenvalue weighted by Gasteiger charge is -2.36. The predicted octanol–water partition coefficient (Wildman–Crippen LogP) is 6.98. The topological polar surface area (TPSA) is 88.7 Å². The Labute approximate surface area is 230 Å². The summed E-state index contributed by atoms with van der Waals surface area (Å²) >= 11 is 7.44. The number of aromatic nitrogens is 2. The summed E-state index contributed by atoms with van der Waals surface area (Å²) in [6.45, 7) is 0.512. The van der Waals surface area contributed by atoms with Crippen LogP contribution in [0.2, 0.25) is 5.02 Å². The molecule has 4 aromatic rings. The Balaban J connectivity index is 1.13. The number of anilines is 1. The van der Waals surface area contributed by atoms with E-state index in [9.17, 15) is 18.7 Å². The number of hydrogen-bond donors (Lipinski definition) is 1. The van der Waals surface area contributed by atoms with Crippen LogP contribution in [0.25, 0.3) is 21.5 Å². The number of aromatic carboxylic acids is 1. The summed E-state index contributed by atoms with van der Waals surface area (Å²) in [7, 11) is 0. The van der Waals surface area contributed by atoms with Crippen LogP contribution in [-0.2, 0) is 11.3 Å². The van der Waals surface area contributed by atoms with E-state index < -0.39 is 23.3 Å². The summed E-state index contributed by atoms with van der Waals surface area (Å²) in [5, 5.41) is 14.0. The molecule has 12 heteroatoms. The molecule has 1 N–H and O–H groups in total. The Kier molecular flexibility index (Phi) is 6.76. The summed E-state index contributed by atoms with van der Waals surface area (Å²) < 4.78 is 56.5. The molecule has 2 aromatic heterocycles. The quantitative estimate of drug-likeness (QED) is 0.241. The summed E-state index contributed by atoms with van der Waals surface area (Å²) in [6, 6.07) is 6.72. The average molecular weight is 578 g/mol. The molecule has 0 atom stereocenters. The van der Waals surface area contributed by atoms with Crippen LogP contribution in [0.3, 0.4) is 0 Å². The number of hydrogen-bond acceptors (Lipinski definition) is 7. The Hall–Kier alpha value is -3.15. The molecule has 0 radical (unpaired) electrons. The molecule has 0 bridgehead atoms. The van der Waals surface area contributed by atoms with Crippen LogP contribution >= 0.6 is 22.9 Å². The van der Waals surface area contributed by atoms with Crippen LogP contribution in [-0.4, -0.2) is 46.6 Å². The molecular weight excluding hydrogens is 555 g/mol. The van der Waals surface area contributed by atoms with Crippen molar-refractivity contribution in [3.8, 4) is 11.3 Å². The number of halogens is 4. The van der Waals surface area contributed by atoms with E-state index in [4.69, 9.17) is 20.9 Å². The van der Waals surface area contributed by atoms with Gasteiger partial charge in [-0.1, -0.05) is 34.2 Å². The first-order valence-corrected chi connectivity index (χ1v) is 13.7. The van der Waals surface area contributed by atoms with Gasteiger partial charge in [0, 0.05) is 37.4 Å². The molecule has 3 heterocycles. The van der Waals surface area contributed by atoms with Gasteiger partial charge in [-0.2, -0.15) is 0 Å². The van der Waals surface area contributed by atoms with Crippen LogP contribution in [0.15, 0.2) is 34.9 Å². The first-order chi connectivity index (χ1) is 18.7. The lowest BCUT2D eigenvalue weighted by Crippen LogP contribution is -2.44. The number of rotatable bonds is 8. The molecule has 1 saturated heterocycles. The second-order valence-corrected chi connectivity index (χ2v) is 11.4. The first-order valence-electron chi connectivity index (χ1n) is 12.5. The van der Waals surface area contributed by atoms with Gasteiger partial charge in [-0.15, -0.1) is 0 Å². The molecule has 0 spiro atoms. The van der Waals surface area contributed by atoms with Crippen molar-refractivity contribution in [1.82, 2.24) is 10.1 Å². The zero-order chi connectivity index (χ0) is 27.3. The largest absolute Gasteiger partial charge is 0.478 e. The van der Waals surface area contributed by atoms with E-state index in [1.807, 2.05) is 4.90 Å². The van der Waals surface area contributed by atoms with Gasteiger partial charge in [0.1, 0.15) is 28.5 Å². The fourth-order valence-electron chi connectivity index (χ4n) is 4.86. The molecule has 1 saturated carbocycles. The van der Waals surface area contributed by atoms with Crippen molar-refractivity contribution < 1.29 is 32.3 Å². The van der Waals surface area contributed by atoms with E-state index in [-0.39, 0.29) is 59.3 Å². The van der Waals surface area contributed by atoms with Crippen LogP contribution in [0, 0.1) is 11.6 Å². The molecule has 1 aliphatic heterocycles. The summed E-state index contributed by atoms with van der Waals surface area (Å²) in [4.78, 5) is 17.4. The number of benzene rings is 2. The zero-order valence-corrected chi connectivity index (χ0v) is 22.1. The third-order valence-corrected chi connectivity index (χ3v) is 8.57. The van der Waals surface area contributed by atoms with Crippen molar-refractivity contribution in [2.45, 2.75) is 43.9 Å². The van der Waals surface area contributed by atoms with Gasteiger partial charge in [0.25, 0.3) is 0 Å². The first kappa shape index (κ1) is 26.1. The lowest BCUT2D eigenvalue weighted by molar-refractivity contribution is -0.00757. The molecule has 6 rings (SSSR count). The molecular formula is C27H23ClF3N3O4S. The maximum atomic E-state index is 15.7. The van der Waals surface area contributed by atoms with Crippen LogP contribution in [0.5, 0.6) is 0 Å². The Morgan fingerprint density at radius 3 is 2.69 bits per heavy atom. The van der Waals surface area contributed by atoms with Gasteiger partial charge in [0.2, 0.25) is 0 Å². The number of ether oxygens (including phenoxy) is 1. The molecule has 1 aliphatic carbocycles. The van der Waals surface area contributed by atoms with Gasteiger partial charge in [0.15, 0.2) is 10.9 Å². The minimum Gasteiger partial charge on any atom is -0.478 e. The van der Waals surface area contributed by atoms with E-state index in [1.54, 1.807) is 6.07 Å². The molecule has 0 amide bonds. The van der Waals surface area contributed by atoms with Gasteiger partial charge in [-0.25, -0.2) is 22.9 Å². The van der Waals surface area contributed by atoms with E-state index in [2.05, 4.69) is 10.1 Å². The highest BCUT2D eigenvalue weighted by Gasteiger charge is 2.37. The minimum atomic E-state index is -1.60. The molecule has 2 fully saturated rings. The van der Waals surface area contributed by atoms with E-state index >= 15 is 4.39 Å². The van der Waals surface area contributed by atoms with E-state index in [0.29, 0.717) is 34.2 Å². The Bertz CT molecular complexity index is 1540. The number of carbonyl (C=O) groups is 1. The third-order valence-electron chi connectivity index (χ3n) is 7.19. The number of fused-ring (bicyclic) bond motifs is 1. The van der Waals surface area contributed by atoms with E-state index in [1.165, 1.54) is 29.5 Å². The number of nitrogens with zero attached hydrogens (tertiary/aromatic N) is 3. The van der Waals surface area contributed by atoms with Gasteiger partial charge in [-0.05, 0) is 37.1 Å². The van der Waals surface area contributed by atoms with Crippen molar-refractivity contribution in [3.05, 3.63) is 63.9 Å². The fraction of sp³-hybridized carbons (Fsp3) is 0.370. The Morgan fingerprint density at radius 2 is 2.00 bits per heavy atom. The fourth-order valence-corrected chi connectivity index (χ4v) is 6.19. The number of carboxylic acids is 1. The summed E-state index contributed by atoms with van der Waals surface area (Å²) in [5.41, 5.74) is -0.640. The maximum Gasteiger partial charge on any atom is 0.335 e. The normalized spacial score (nSPS) is 17.2. The molecule has 204 valence electrons. The smallest absolute Gasteiger partial charge is 0.335 e. The van der Waals surface area contributed by atoms with E-state index in [0.717, 1.165) is 18.9 Å². The van der Waals surface area contributed by atoms with Gasteiger partial charge >= 0.3 is 5.97 Å². The van der Waals surface area contributed by atoms with Crippen molar-refractivity contribution in [2.75, 3.05) is 24.6 Å². The average Bonchev–Trinajstić information content (AvgIpc) is 3.51. The molecule has 7 nitrogen and oxygen atoms in total. The number of alkyl halides is 1. The standard InChI is InChI=1S/C27H23ClF3N3O4S/c28-17-2-1-3-18(29)21(17)22-16(24(38-33-22)14-4-5-14)12-37-13-27(31)6-8-34(9-7-27)26-32-23-19(30)10-15(25(35)36)11-20(23)39-26/h1-3,10-11,14H,4-9,12-13H2,(H,35,36). The van der Waals surface area contributed by atoms with Crippen molar-refractivity contribution >= 4 is 44.3 Å². The second-order valence-electron chi connectivity index (χ2n) is 9.98. The lowest BCUT2D eigenvalue weighted by atomic mass is 9.94. The Morgan fingerprint density at radius 1 is 1.23 bits per heavy atom. The zero-order valence-electron chi connectivity index (χ0n) is 20.6. The van der Waals surface area contributed by atoms with Gasteiger partial charge in [-0.3, -0.25) is 0 Å². The van der Waals surface area contributed by atoms with Crippen LogP contribution in [0.4, 0.5) is 18.3 Å². The van der Waals surface area contributed by atoms with Crippen molar-refractivity contribution in [2.24, 2.45) is 0 Å². The van der Waals surface area contributed by atoms with Crippen LogP contribution in [0.1, 0.15) is 53.3 Å². The highest BCUT2D eigenvalue weighted by molar-refractivity contribution is 7.22. The number of piperidine rings is 1. The predicted molar refractivity (Wildman–Crippen MR) is 140 cm³/mol. The molecule has 0 unspecified atom stereocenters. The number of carboxylic acid groups (broad SMARTS) is 1. The number of thiazole rings is 1. The SMILES string of the molecule is O=C(O)c1cc(F)c2nc(N3CCC(F)(COCc4c(-c5c(F)cccc5Cl)noc4C4CC4)CC3)sc2c1. The monoisotopic (exact) mass is 577 g/mol. The molecule has 2 aliphatic rings. The van der Waals surface area contributed by atoms with Crippen molar-refractivity contribution in [3.63, 3.8) is 0 Å². The third kappa shape index (κ3) is 5.10. The van der Waals surface area contributed by atoms with Crippen LogP contribution < -0.4 is 4.90 Å². The molecule has 39 heavy (non-hydrogen) atoms. The van der Waals surface area contributed by atoms with Gasteiger partial charge < -0.3 is 19.3 Å². The molecule has 2 aromatic carbocycles. The minimum absolute atomic E-state index is 0.00771.